The van der Waals surface area contributed by atoms with Crippen LogP contribution in [0.4, 0.5) is 19.0 Å². The third-order valence-corrected chi connectivity index (χ3v) is 5.38. The number of hydrogen-bond donors (Lipinski definition) is 2. The maximum atomic E-state index is 12.7. The van der Waals surface area contributed by atoms with Gasteiger partial charge in [0.05, 0.1) is 11.1 Å². The number of nitrogens with one attached hydrogen (secondary N) is 2. The van der Waals surface area contributed by atoms with Gasteiger partial charge in [0.15, 0.2) is 5.82 Å². The van der Waals surface area contributed by atoms with Crippen molar-refractivity contribution in [1.82, 2.24) is 15.3 Å². The Morgan fingerprint density at radius 1 is 0.941 bits per heavy atom. The van der Waals surface area contributed by atoms with E-state index in [9.17, 15) is 18.0 Å². The van der Waals surface area contributed by atoms with Crippen molar-refractivity contribution < 1.29 is 18.0 Å². The van der Waals surface area contributed by atoms with Gasteiger partial charge in [0.25, 0.3) is 5.91 Å². The van der Waals surface area contributed by atoms with Gasteiger partial charge in [-0.1, -0.05) is 41.4 Å². The second-order valence-electron chi connectivity index (χ2n) is 7.68. The molecule has 1 aromatic heterocycles. The van der Waals surface area contributed by atoms with E-state index in [4.69, 9.17) is 11.6 Å². The molecule has 4 rings (SSSR count). The molecule has 0 radical (unpaired) electrons. The van der Waals surface area contributed by atoms with E-state index in [1.54, 1.807) is 12.1 Å². The van der Waals surface area contributed by atoms with E-state index in [0.29, 0.717) is 28.7 Å². The zero-order valence-electron chi connectivity index (χ0n) is 18.1. The van der Waals surface area contributed by atoms with Crippen molar-refractivity contribution in [1.29, 1.82) is 0 Å². The Morgan fingerprint density at radius 3 is 2.32 bits per heavy atom. The first-order valence-electron chi connectivity index (χ1n) is 10.4. The summed E-state index contributed by atoms with van der Waals surface area (Å²) in [7, 11) is 0. The number of fused-ring (bicyclic) bond motifs is 1. The van der Waals surface area contributed by atoms with E-state index in [2.05, 4.69) is 20.6 Å². The summed E-state index contributed by atoms with van der Waals surface area (Å²) < 4.78 is 38.1. The zero-order chi connectivity index (χ0) is 24.3. The van der Waals surface area contributed by atoms with Crippen LogP contribution in [0.1, 0.15) is 21.5 Å². The Labute approximate surface area is 199 Å². The Balaban J connectivity index is 1.46. The van der Waals surface area contributed by atoms with Gasteiger partial charge in [-0.2, -0.15) is 13.2 Å². The van der Waals surface area contributed by atoms with Crippen molar-refractivity contribution in [3.8, 4) is 11.4 Å². The second-order valence-corrected chi connectivity index (χ2v) is 8.12. The molecule has 34 heavy (non-hydrogen) atoms. The standard InChI is InChI=1S/C25H20ClF3N4O/c1-15-2-4-16(5-3-15)22-32-21-14-19(26)10-11-20(21)23(33-22)30-12-13-31-24(34)17-6-8-18(9-7-17)25(27,28)29/h2-11,14H,12-13H2,1H3,(H,31,34)(H,30,32,33). The summed E-state index contributed by atoms with van der Waals surface area (Å²) in [5.41, 5.74) is 2.00. The molecule has 0 saturated heterocycles. The van der Waals surface area contributed by atoms with Crippen LogP contribution >= 0.6 is 11.6 Å². The number of alkyl halides is 3. The zero-order valence-corrected chi connectivity index (χ0v) is 18.8. The predicted octanol–water partition coefficient (Wildman–Crippen LogP) is 6.12. The van der Waals surface area contributed by atoms with Gasteiger partial charge in [-0.25, -0.2) is 9.97 Å². The molecule has 2 N–H and O–H groups in total. The van der Waals surface area contributed by atoms with Crippen LogP contribution < -0.4 is 10.6 Å². The van der Waals surface area contributed by atoms with Crippen LogP contribution in [-0.2, 0) is 6.18 Å². The number of hydrogen-bond acceptors (Lipinski definition) is 4. The third-order valence-electron chi connectivity index (χ3n) is 5.15. The number of aromatic nitrogens is 2. The Kier molecular flexibility index (Phi) is 6.70. The predicted molar refractivity (Wildman–Crippen MR) is 127 cm³/mol. The summed E-state index contributed by atoms with van der Waals surface area (Å²) >= 11 is 6.15. The molecule has 4 aromatic rings. The second kappa shape index (κ2) is 9.69. The molecule has 174 valence electrons. The van der Waals surface area contributed by atoms with E-state index in [0.717, 1.165) is 40.8 Å². The molecule has 3 aromatic carbocycles. The van der Waals surface area contributed by atoms with Crippen LogP contribution in [0.3, 0.4) is 0 Å². The Morgan fingerprint density at radius 2 is 1.65 bits per heavy atom. The van der Waals surface area contributed by atoms with Crippen LogP contribution in [0, 0.1) is 6.92 Å². The summed E-state index contributed by atoms with van der Waals surface area (Å²) in [6.45, 7) is 2.57. The van der Waals surface area contributed by atoms with E-state index < -0.39 is 17.6 Å². The normalized spacial score (nSPS) is 11.4. The van der Waals surface area contributed by atoms with Gasteiger partial charge in [0.1, 0.15) is 5.82 Å². The van der Waals surface area contributed by atoms with Gasteiger partial charge < -0.3 is 10.6 Å². The van der Waals surface area contributed by atoms with Crippen molar-refractivity contribution in [2.24, 2.45) is 0 Å². The van der Waals surface area contributed by atoms with Gasteiger partial charge in [0.2, 0.25) is 0 Å². The van der Waals surface area contributed by atoms with Gasteiger partial charge >= 0.3 is 6.18 Å². The Hall–Kier alpha value is -3.65. The molecule has 0 spiro atoms. The number of carbonyl (C=O) groups is 1. The van der Waals surface area contributed by atoms with Gasteiger partial charge in [-0.05, 0) is 49.4 Å². The molecule has 0 unspecified atom stereocenters. The molecule has 0 atom stereocenters. The lowest BCUT2D eigenvalue weighted by Gasteiger charge is -2.12. The molecular weight excluding hydrogens is 465 g/mol. The molecule has 9 heteroatoms. The molecule has 0 fully saturated rings. The lowest BCUT2D eigenvalue weighted by molar-refractivity contribution is -0.137. The first kappa shape index (κ1) is 23.5. The average Bonchev–Trinajstić information content (AvgIpc) is 2.81. The number of benzene rings is 3. The quantitative estimate of drug-likeness (QED) is 0.324. The summed E-state index contributed by atoms with van der Waals surface area (Å²) in [5, 5.41) is 7.22. The fourth-order valence-electron chi connectivity index (χ4n) is 3.34. The Bertz CT molecular complexity index is 1320. The SMILES string of the molecule is Cc1ccc(-c2nc(NCCNC(=O)c3ccc(C(F)(F)F)cc3)c3ccc(Cl)cc3n2)cc1. The van der Waals surface area contributed by atoms with Crippen molar-refractivity contribution in [2.75, 3.05) is 18.4 Å². The molecule has 5 nitrogen and oxygen atoms in total. The minimum atomic E-state index is -4.44. The number of carbonyl (C=O) groups excluding carboxylic acids is 1. The highest BCUT2D eigenvalue weighted by atomic mass is 35.5. The molecular formula is C25H20ClF3N4O. The van der Waals surface area contributed by atoms with Gasteiger partial charge in [-0.3, -0.25) is 4.79 Å². The van der Waals surface area contributed by atoms with E-state index >= 15 is 0 Å². The van der Waals surface area contributed by atoms with E-state index in [-0.39, 0.29) is 12.1 Å². The number of halogens is 4. The summed E-state index contributed by atoms with van der Waals surface area (Å²) in [5.74, 6) is 0.655. The number of rotatable bonds is 6. The number of nitrogens with zero attached hydrogens (tertiary/aromatic N) is 2. The van der Waals surface area contributed by atoms with E-state index in [1.807, 2.05) is 37.3 Å². The lowest BCUT2D eigenvalue weighted by atomic mass is 10.1. The van der Waals surface area contributed by atoms with Crippen molar-refractivity contribution in [3.05, 3.63) is 88.4 Å². The molecule has 1 amide bonds. The molecule has 0 aliphatic rings. The van der Waals surface area contributed by atoms with Gasteiger partial charge in [-0.15, -0.1) is 0 Å². The van der Waals surface area contributed by atoms with Gasteiger partial charge in [0, 0.05) is 34.6 Å². The maximum Gasteiger partial charge on any atom is 0.416 e. The summed E-state index contributed by atoms with van der Waals surface area (Å²) in [6.07, 6.45) is -4.44. The number of amides is 1. The average molecular weight is 485 g/mol. The van der Waals surface area contributed by atoms with Crippen molar-refractivity contribution in [3.63, 3.8) is 0 Å². The lowest BCUT2D eigenvalue weighted by Crippen LogP contribution is -2.29. The fraction of sp³-hybridized carbons (Fsp3) is 0.160. The van der Waals surface area contributed by atoms with Crippen LogP contribution in [0.25, 0.3) is 22.3 Å². The molecule has 1 heterocycles. The molecule has 0 aliphatic carbocycles. The topological polar surface area (TPSA) is 66.9 Å². The largest absolute Gasteiger partial charge is 0.416 e. The first-order chi connectivity index (χ1) is 16.2. The highest BCUT2D eigenvalue weighted by molar-refractivity contribution is 6.31. The maximum absolute atomic E-state index is 12.7. The molecule has 0 aliphatic heterocycles. The minimum absolute atomic E-state index is 0.150. The van der Waals surface area contributed by atoms with Crippen LogP contribution in [0.15, 0.2) is 66.7 Å². The summed E-state index contributed by atoms with van der Waals surface area (Å²) in [4.78, 5) is 21.6. The third kappa shape index (κ3) is 5.46. The molecule has 0 saturated carbocycles. The highest BCUT2D eigenvalue weighted by Gasteiger charge is 2.30. The smallest absolute Gasteiger partial charge is 0.368 e. The first-order valence-corrected chi connectivity index (χ1v) is 10.8. The highest BCUT2D eigenvalue weighted by Crippen LogP contribution is 2.29. The number of aryl methyl sites for hydroxylation is 1. The number of anilines is 1. The van der Waals surface area contributed by atoms with Crippen LogP contribution in [0.5, 0.6) is 0 Å². The van der Waals surface area contributed by atoms with Crippen LogP contribution in [-0.4, -0.2) is 29.0 Å². The van der Waals surface area contributed by atoms with Crippen molar-refractivity contribution in [2.45, 2.75) is 13.1 Å². The van der Waals surface area contributed by atoms with E-state index in [1.165, 1.54) is 0 Å². The minimum Gasteiger partial charge on any atom is -0.368 e. The monoisotopic (exact) mass is 484 g/mol. The van der Waals surface area contributed by atoms with Crippen LogP contribution in [0.2, 0.25) is 5.02 Å². The molecule has 0 bridgehead atoms. The van der Waals surface area contributed by atoms with Crippen molar-refractivity contribution >= 4 is 34.2 Å². The fourth-order valence-corrected chi connectivity index (χ4v) is 3.51. The summed E-state index contributed by atoms with van der Waals surface area (Å²) in [6, 6.07) is 17.2.